The van der Waals surface area contributed by atoms with E-state index >= 15 is 0 Å². The third-order valence-corrected chi connectivity index (χ3v) is 4.27. The van der Waals surface area contributed by atoms with Crippen molar-refractivity contribution in [3.05, 3.63) is 48.1 Å². The first kappa shape index (κ1) is 17.4. The van der Waals surface area contributed by atoms with Gasteiger partial charge in [-0.3, -0.25) is 9.88 Å². The standard InChI is InChI=1S/C18H26N6O/c1-2-19-18(21-13-16-8-12-25-23-16)22-15-6-10-24(11-7-15)14-17-5-3-4-9-20-17/h3-5,8-9,12,15H,2,6-7,10-11,13-14H2,1H3,(H2,19,21,22). The molecular formula is C18H26N6O. The van der Waals surface area contributed by atoms with E-state index in [1.807, 2.05) is 24.4 Å². The molecule has 1 saturated heterocycles. The smallest absolute Gasteiger partial charge is 0.191 e. The molecule has 3 heterocycles. The van der Waals surface area contributed by atoms with Crippen LogP contribution in [0.4, 0.5) is 0 Å². The molecular weight excluding hydrogens is 316 g/mol. The number of pyridine rings is 1. The highest BCUT2D eigenvalue weighted by Crippen LogP contribution is 2.13. The molecule has 2 aromatic heterocycles. The molecule has 3 rings (SSSR count). The van der Waals surface area contributed by atoms with Crippen molar-refractivity contribution in [1.82, 2.24) is 25.7 Å². The van der Waals surface area contributed by atoms with Gasteiger partial charge in [0.1, 0.15) is 12.0 Å². The zero-order chi connectivity index (χ0) is 17.3. The molecule has 0 saturated carbocycles. The molecule has 0 radical (unpaired) electrons. The summed E-state index contributed by atoms with van der Waals surface area (Å²) in [4.78, 5) is 11.5. The summed E-state index contributed by atoms with van der Waals surface area (Å²) in [5.74, 6) is 0.841. The summed E-state index contributed by atoms with van der Waals surface area (Å²) in [5, 5.41) is 10.7. The van der Waals surface area contributed by atoms with Crippen LogP contribution in [0.1, 0.15) is 31.2 Å². The Balaban J connectivity index is 1.46. The summed E-state index contributed by atoms with van der Waals surface area (Å²) in [7, 11) is 0. The first-order valence-electron chi connectivity index (χ1n) is 8.90. The van der Waals surface area contributed by atoms with E-state index in [0.29, 0.717) is 12.6 Å². The Morgan fingerprint density at radius 3 is 2.84 bits per heavy atom. The lowest BCUT2D eigenvalue weighted by Gasteiger charge is -2.32. The highest BCUT2D eigenvalue weighted by Gasteiger charge is 2.20. The molecule has 134 valence electrons. The second-order valence-corrected chi connectivity index (χ2v) is 6.20. The molecule has 7 heteroatoms. The molecule has 0 bridgehead atoms. The molecule has 7 nitrogen and oxygen atoms in total. The zero-order valence-electron chi connectivity index (χ0n) is 14.7. The minimum Gasteiger partial charge on any atom is -0.364 e. The molecule has 25 heavy (non-hydrogen) atoms. The third kappa shape index (κ3) is 5.56. The number of aliphatic imine (C=N–C) groups is 1. The topological polar surface area (TPSA) is 78.6 Å². The predicted octanol–water partition coefficient (Wildman–Crippen LogP) is 1.79. The molecule has 0 amide bonds. The number of rotatable bonds is 6. The number of piperidine rings is 1. The summed E-state index contributed by atoms with van der Waals surface area (Å²) in [5.41, 5.74) is 1.97. The van der Waals surface area contributed by atoms with Crippen molar-refractivity contribution in [2.24, 2.45) is 4.99 Å². The number of aromatic nitrogens is 2. The summed E-state index contributed by atoms with van der Waals surface area (Å²) in [6.07, 6.45) is 5.63. The van der Waals surface area contributed by atoms with Gasteiger partial charge in [0.25, 0.3) is 0 Å². The number of nitrogens with zero attached hydrogens (tertiary/aromatic N) is 4. The lowest BCUT2D eigenvalue weighted by Crippen LogP contribution is -2.48. The molecule has 1 fully saturated rings. The number of hydrogen-bond acceptors (Lipinski definition) is 5. The van der Waals surface area contributed by atoms with E-state index in [-0.39, 0.29) is 0 Å². The van der Waals surface area contributed by atoms with Crippen LogP contribution < -0.4 is 10.6 Å². The van der Waals surface area contributed by atoms with Gasteiger partial charge in [0, 0.05) is 44.5 Å². The van der Waals surface area contributed by atoms with Crippen LogP contribution in [0, 0.1) is 0 Å². The van der Waals surface area contributed by atoms with Crippen LogP contribution in [0.2, 0.25) is 0 Å². The first-order valence-corrected chi connectivity index (χ1v) is 8.90. The van der Waals surface area contributed by atoms with Gasteiger partial charge in [-0.2, -0.15) is 0 Å². The van der Waals surface area contributed by atoms with E-state index < -0.39 is 0 Å². The fraction of sp³-hybridized carbons (Fsp3) is 0.500. The molecule has 1 aliphatic heterocycles. The van der Waals surface area contributed by atoms with Crippen LogP contribution in [0.15, 0.2) is 46.2 Å². The van der Waals surface area contributed by atoms with Crippen molar-refractivity contribution in [3.63, 3.8) is 0 Å². The van der Waals surface area contributed by atoms with Crippen molar-refractivity contribution >= 4 is 5.96 Å². The summed E-state index contributed by atoms with van der Waals surface area (Å²) < 4.78 is 4.85. The lowest BCUT2D eigenvalue weighted by molar-refractivity contribution is 0.196. The molecule has 2 aromatic rings. The monoisotopic (exact) mass is 342 g/mol. The third-order valence-electron chi connectivity index (χ3n) is 4.27. The van der Waals surface area contributed by atoms with Crippen molar-refractivity contribution in [2.45, 2.75) is 38.9 Å². The number of hydrogen-bond donors (Lipinski definition) is 2. The average molecular weight is 342 g/mol. The Morgan fingerprint density at radius 1 is 1.28 bits per heavy atom. The summed E-state index contributed by atoms with van der Waals surface area (Å²) in [6, 6.07) is 8.37. The second-order valence-electron chi connectivity index (χ2n) is 6.20. The Kier molecular flexibility index (Phi) is 6.39. The molecule has 2 N–H and O–H groups in total. The van der Waals surface area contributed by atoms with Gasteiger partial charge < -0.3 is 15.2 Å². The van der Waals surface area contributed by atoms with Crippen LogP contribution in [-0.2, 0) is 13.1 Å². The first-order chi connectivity index (χ1) is 12.3. The van der Waals surface area contributed by atoms with Crippen LogP contribution in [-0.4, -0.2) is 46.7 Å². The number of guanidine groups is 1. The van der Waals surface area contributed by atoms with Crippen LogP contribution in [0.25, 0.3) is 0 Å². The summed E-state index contributed by atoms with van der Waals surface area (Å²) >= 11 is 0. The van der Waals surface area contributed by atoms with E-state index in [1.165, 1.54) is 0 Å². The van der Waals surface area contributed by atoms with Gasteiger partial charge in [0.15, 0.2) is 5.96 Å². The van der Waals surface area contributed by atoms with Gasteiger partial charge >= 0.3 is 0 Å². The fourth-order valence-corrected chi connectivity index (χ4v) is 2.95. The van der Waals surface area contributed by atoms with Gasteiger partial charge in [-0.15, -0.1) is 0 Å². The van der Waals surface area contributed by atoms with Crippen LogP contribution in [0.3, 0.4) is 0 Å². The Labute approximate surface area is 148 Å². The van der Waals surface area contributed by atoms with Crippen molar-refractivity contribution in [1.29, 1.82) is 0 Å². The maximum atomic E-state index is 4.85. The maximum absolute atomic E-state index is 4.85. The van der Waals surface area contributed by atoms with E-state index in [0.717, 1.165) is 56.4 Å². The second kappa shape index (κ2) is 9.17. The minimum absolute atomic E-state index is 0.440. The highest BCUT2D eigenvalue weighted by molar-refractivity contribution is 5.80. The van der Waals surface area contributed by atoms with Gasteiger partial charge in [-0.25, -0.2) is 4.99 Å². The van der Waals surface area contributed by atoms with Crippen LogP contribution in [0.5, 0.6) is 0 Å². The van der Waals surface area contributed by atoms with E-state index in [9.17, 15) is 0 Å². The molecule has 1 aliphatic rings. The molecule has 0 spiro atoms. The lowest BCUT2D eigenvalue weighted by atomic mass is 10.0. The van der Waals surface area contributed by atoms with Crippen LogP contribution >= 0.6 is 0 Å². The molecule has 0 atom stereocenters. The maximum Gasteiger partial charge on any atom is 0.191 e. The number of likely N-dealkylation sites (tertiary alicyclic amines) is 1. The molecule has 0 aliphatic carbocycles. The van der Waals surface area contributed by atoms with Crippen molar-refractivity contribution < 1.29 is 4.52 Å². The van der Waals surface area contributed by atoms with Gasteiger partial charge in [-0.05, 0) is 31.9 Å². The van der Waals surface area contributed by atoms with Crippen molar-refractivity contribution in [3.8, 4) is 0 Å². The Morgan fingerprint density at radius 2 is 2.16 bits per heavy atom. The minimum atomic E-state index is 0.440. The SMILES string of the molecule is CCNC(=NCc1ccon1)NC1CCN(Cc2ccccn2)CC1. The van der Waals surface area contributed by atoms with Gasteiger partial charge in [0.2, 0.25) is 0 Å². The Bertz CT molecular complexity index is 635. The van der Waals surface area contributed by atoms with E-state index in [4.69, 9.17) is 4.52 Å². The van der Waals surface area contributed by atoms with Crippen molar-refractivity contribution in [2.75, 3.05) is 19.6 Å². The average Bonchev–Trinajstić information content (AvgIpc) is 3.16. The largest absolute Gasteiger partial charge is 0.364 e. The fourth-order valence-electron chi connectivity index (χ4n) is 2.95. The predicted molar refractivity (Wildman–Crippen MR) is 97.0 cm³/mol. The quantitative estimate of drug-likeness (QED) is 0.615. The zero-order valence-corrected chi connectivity index (χ0v) is 14.7. The number of nitrogens with one attached hydrogen (secondary N) is 2. The Hall–Kier alpha value is -2.41. The normalized spacial score (nSPS) is 16.8. The summed E-state index contributed by atoms with van der Waals surface area (Å²) in [6.45, 7) is 6.48. The molecule has 0 unspecified atom stereocenters. The van der Waals surface area contributed by atoms with E-state index in [2.05, 4.69) is 43.7 Å². The van der Waals surface area contributed by atoms with Gasteiger partial charge in [0.05, 0.1) is 12.2 Å². The van der Waals surface area contributed by atoms with Gasteiger partial charge in [-0.1, -0.05) is 11.2 Å². The van der Waals surface area contributed by atoms with E-state index in [1.54, 1.807) is 6.26 Å². The highest BCUT2D eigenvalue weighted by atomic mass is 16.5. The molecule has 0 aromatic carbocycles.